The van der Waals surface area contributed by atoms with Gasteiger partial charge in [-0.15, -0.1) is 0 Å². The molecule has 0 radical (unpaired) electrons. The van der Waals surface area contributed by atoms with E-state index in [4.69, 9.17) is 5.73 Å². The number of aromatic nitrogens is 1. The minimum atomic E-state index is -0.127. The maximum atomic E-state index is 12.0. The van der Waals surface area contributed by atoms with Gasteiger partial charge in [-0.25, -0.2) is 0 Å². The van der Waals surface area contributed by atoms with Gasteiger partial charge in [-0.05, 0) is 29.2 Å². The summed E-state index contributed by atoms with van der Waals surface area (Å²) >= 11 is 0. The van der Waals surface area contributed by atoms with Gasteiger partial charge in [-0.1, -0.05) is 30.3 Å². The fourth-order valence-electron chi connectivity index (χ4n) is 2.53. The van der Waals surface area contributed by atoms with E-state index in [1.54, 1.807) is 12.3 Å². The van der Waals surface area contributed by atoms with Gasteiger partial charge in [0.05, 0.1) is 0 Å². The predicted molar refractivity (Wildman–Crippen MR) is 77.3 cm³/mol. The first kappa shape index (κ1) is 12.8. The molecule has 0 aliphatic heterocycles. The quantitative estimate of drug-likeness (QED) is 0.884. The van der Waals surface area contributed by atoms with Crippen molar-refractivity contribution in [1.29, 1.82) is 0 Å². The monoisotopic (exact) mass is 267 g/mol. The van der Waals surface area contributed by atoms with Gasteiger partial charge in [0.25, 0.3) is 5.91 Å². The molecule has 0 saturated carbocycles. The van der Waals surface area contributed by atoms with Crippen molar-refractivity contribution in [3.63, 3.8) is 0 Å². The highest BCUT2D eigenvalue weighted by Crippen LogP contribution is 2.33. The lowest BCUT2D eigenvalue weighted by molar-refractivity contribution is 0.0945. The van der Waals surface area contributed by atoms with Crippen molar-refractivity contribution in [2.75, 3.05) is 6.54 Å². The fourth-order valence-corrected chi connectivity index (χ4v) is 2.53. The van der Waals surface area contributed by atoms with Crippen LogP contribution in [0.15, 0.2) is 42.6 Å². The molecule has 1 unspecified atom stereocenters. The van der Waals surface area contributed by atoms with Gasteiger partial charge in [0.1, 0.15) is 5.69 Å². The van der Waals surface area contributed by atoms with Crippen LogP contribution in [-0.2, 0) is 13.0 Å². The molecular formula is C16H17N3O. The Balaban J connectivity index is 1.58. The average molecular weight is 267 g/mol. The number of hydrogen-bond acceptors (Lipinski definition) is 3. The number of hydrogen-bond donors (Lipinski definition) is 2. The van der Waals surface area contributed by atoms with E-state index >= 15 is 0 Å². The molecule has 1 aromatic heterocycles. The van der Waals surface area contributed by atoms with Crippen molar-refractivity contribution in [3.8, 4) is 0 Å². The Morgan fingerprint density at radius 1 is 1.30 bits per heavy atom. The van der Waals surface area contributed by atoms with Crippen molar-refractivity contribution in [2.24, 2.45) is 5.73 Å². The summed E-state index contributed by atoms with van der Waals surface area (Å²) in [4.78, 5) is 16.1. The first-order chi connectivity index (χ1) is 9.78. The summed E-state index contributed by atoms with van der Waals surface area (Å²) < 4.78 is 0. The Kier molecular flexibility index (Phi) is 3.48. The lowest BCUT2D eigenvalue weighted by atomic mass is 9.77. The topological polar surface area (TPSA) is 68.0 Å². The number of rotatable bonds is 4. The van der Waals surface area contributed by atoms with Gasteiger partial charge in [0.2, 0.25) is 0 Å². The van der Waals surface area contributed by atoms with Crippen LogP contribution >= 0.6 is 0 Å². The molecule has 0 bridgehead atoms. The molecule has 3 rings (SSSR count). The maximum absolute atomic E-state index is 12.0. The molecule has 4 nitrogen and oxygen atoms in total. The van der Waals surface area contributed by atoms with Crippen LogP contribution in [0, 0.1) is 0 Å². The number of carbonyl (C=O) groups is 1. The highest BCUT2D eigenvalue weighted by molar-refractivity contribution is 5.92. The zero-order valence-electron chi connectivity index (χ0n) is 11.2. The molecule has 3 N–H and O–H groups in total. The molecule has 20 heavy (non-hydrogen) atoms. The third-order valence-electron chi connectivity index (χ3n) is 3.76. The van der Waals surface area contributed by atoms with Crippen LogP contribution in [0.2, 0.25) is 0 Å². The van der Waals surface area contributed by atoms with Crippen molar-refractivity contribution < 1.29 is 4.79 Å². The Morgan fingerprint density at radius 2 is 2.15 bits per heavy atom. The number of pyridine rings is 1. The highest BCUT2D eigenvalue weighted by Gasteiger charge is 2.25. The van der Waals surface area contributed by atoms with E-state index in [1.165, 1.54) is 11.1 Å². The second-order valence-electron chi connectivity index (χ2n) is 5.07. The van der Waals surface area contributed by atoms with Gasteiger partial charge in [-0.2, -0.15) is 0 Å². The van der Waals surface area contributed by atoms with Crippen LogP contribution in [0.5, 0.6) is 0 Å². The predicted octanol–water partition coefficient (Wildman–Crippen LogP) is 1.61. The lowest BCUT2D eigenvalue weighted by Crippen LogP contribution is -2.33. The molecule has 4 heteroatoms. The Labute approximate surface area is 118 Å². The number of fused-ring (bicyclic) bond motifs is 1. The number of carbonyl (C=O) groups excluding carboxylic acids is 1. The van der Waals surface area contributed by atoms with E-state index in [1.807, 2.05) is 12.1 Å². The second kappa shape index (κ2) is 5.43. The summed E-state index contributed by atoms with van der Waals surface area (Å²) in [5, 5.41) is 2.95. The molecule has 1 amide bonds. The van der Waals surface area contributed by atoms with E-state index in [9.17, 15) is 4.79 Å². The van der Waals surface area contributed by atoms with Crippen molar-refractivity contribution in [1.82, 2.24) is 10.3 Å². The molecule has 0 spiro atoms. The number of benzene rings is 1. The minimum absolute atomic E-state index is 0.127. The third-order valence-corrected chi connectivity index (χ3v) is 3.76. The molecule has 1 aliphatic carbocycles. The molecule has 2 aromatic rings. The summed E-state index contributed by atoms with van der Waals surface area (Å²) in [6.07, 6.45) is 2.68. The number of nitrogens with two attached hydrogens (primary N) is 1. The molecule has 0 saturated heterocycles. The van der Waals surface area contributed by atoms with E-state index < -0.39 is 0 Å². The molecular weight excluding hydrogens is 250 g/mol. The van der Waals surface area contributed by atoms with E-state index in [0.29, 0.717) is 24.7 Å². The molecule has 1 aliphatic rings. The van der Waals surface area contributed by atoms with Gasteiger partial charge >= 0.3 is 0 Å². The maximum Gasteiger partial charge on any atom is 0.269 e. The number of nitrogens with one attached hydrogen (secondary N) is 1. The second-order valence-corrected chi connectivity index (χ2v) is 5.07. The van der Waals surface area contributed by atoms with Gasteiger partial charge in [-0.3, -0.25) is 9.78 Å². The first-order valence-corrected chi connectivity index (χ1v) is 6.79. The van der Waals surface area contributed by atoms with Gasteiger partial charge in [0.15, 0.2) is 0 Å². The van der Waals surface area contributed by atoms with Crippen LogP contribution in [-0.4, -0.2) is 17.4 Å². The highest BCUT2D eigenvalue weighted by atomic mass is 16.1. The standard InChI is InChI=1S/C16H17N3O/c17-8-11-5-6-15(18-9-11)16(20)19-10-13-7-12-3-1-2-4-14(12)13/h1-6,9,13H,7-8,10,17H2,(H,19,20). The fraction of sp³-hybridized carbons (Fsp3) is 0.250. The zero-order chi connectivity index (χ0) is 13.9. The van der Waals surface area contributed by atoms with Crippen molar-refractivity contribution >= 4 is 5.91 Å². The van der Waals surface area contributed by atoms with E-state index in [-0.39, 0.29) is 5.91 Å². The minimum Gasteiger partial charge on any atom is -0.350 e. The normalized spacial score (nSPS) is 16.1. The Bertz CT molecular complexity index is 622. The van der Waals surface area contributed by atoms with Crippen LogP contribution < -0.4 is 11.1 Å². The Hall–Kier alpha value is -2.20. The van der Waals surface area contributed by atoms with E-state index in [2.05, 4.69) is 28.5 Å². The molecule has 1 heterocycles. The summed E-state index contributed by atoms with van der Waals surface area (Å²) in [5.41, 5.74) is 9.60. The average Bonchev–Trinajstić information content (AvgIpc) is 2.48. The summed E-state index contributed by atoms with van der Waals surface area (Å²) in [7, 11) is 0. The van der Waals surface area contributed by atoms with Crippen LogP contribution in [0.4, 0.5) is 0 Å². The van der Waals surface area contributed by atoms with Crippen molar-refractivity contribution in [3.05, 3.63) is 65.0 Å². The zero-order valence-corrected chi connectivity index (χ0v) is 11.2. The van der Waals surface area contributed by atoms with Crippen LogP contribution in [0.3, 0.4) is 0 Å². The number of amides is 1. The molecule has 102 valence electrons. The smallest absolute Gasteiger partial charge is 0.269 e. The van der Waals surface area contributed by atoms with Crippen LogP contribution in [0.25, 0.3) is 0 Å². The largest absolute Gasteiger partial charge is 0.350 e. The third kappa shape index (κ3) is 2.42. The Morgan fingerprint density at radius 3 is 2.85 bits per heavy atom. The molecule has 1 aromatic carbocycles. The number of nitrogens with zero attached hydrogens (tertiary/aromatic N) is 1. The molecule has 0 fully saturated rings. The first-order valence-electron chi connectivity index (χ1n) is 6.79. The van der Waals surface area contributed by atoms with E-state index in [0.717, 1.165) is 12.0 Å². The van der Waals surface area contributed by atoms with Gasteiger partial charge in [0, 0.05) is 25.2 Å². The van der Waals surface area contributed by atoms with Crippen LogP contribution in [0.1, 0.15) is 33.1 Å². The SMILES string of the molecule is NCc1ccc(C(=O)NCC2Cc3ccccc32)nc1. The van der Waals surface area contributed by atoms with Gasteiger partial charge < -0.3 is 11.1 Å². The molecule has 1 atom stereocenters. The summed E-state index contributed by atoms with van der Waals surface area (Å²) in [6.45, 7) is 1.10. The summed E-state index contributed by atoms with van der Waals surface area (Å²) in [6, 6.07) is 11.9. The van der Waals surface area contributed by atoms with Crippen molar-refractivity contribution in [2.45, 2.75) is 18.9 Å². The summed E-state index contributed by atoms with van der Waals surface area (Å²) in [5.74, 6) is 0.302. The lowest BCUT2D eigenvalue weighted by Gasteiger charge is -2.30.